The number of amides is 1. The van der Waals surface area contributed by atoms with Gasteiger partial charge in [-0.15, -0.1) is 0 Å². The molecule has 160 valence electrons. The van der Waals surface area contributed by atoms with Crippen LogP contribution in [0.15, 0.2) is 53.4 Å². The van der Waals surface area contributed by atoms with Gasteiger partial charge >= 0.3 is 0 Å². The predicted molar refractivity (Wildman–Crippen MR) is 118 cm³/mol. The number of hydrogen-bond acceptors (Lipinski definition) is 3. The second-order valence-electron chi connectivity index (χ2n) is 8.50. The van der Waals surface area contributed by atoms with Crippen molar-refractivity contribution in [2.45, 2.75) is 50.0 Å². The van der Waals surface area contributed by atoms with Gasteiger partial charge in [0.05, 0.1) is 10.9 Å². The SMILES string of the molecule is C[C@@H](c1ccccc1)N(C)C(=O)C1CCN(S(=O)(=O)c2ccc3c(c2)CCC3)CC1. The first-order valence-corrected chi connectivity index (χ1v) is 12.3. The molecule has 5 nitrogen and oxygen atoms in total. The second-order valence-corrected chi connectivity index (χ2v) is 10.4. The summed E-state index contributed by atoms with van der Waals surface area (Å²) in [6.45, 7) is 2.81. The zero-order valence-electron chi connectivity index (χ0n) is 17.8. The first kappa shape index (κ1) is 21.1. The van der Waals surface area contributed by atoms with Crippen LogP contribution in [-0.4, -0.2) is 43.7 Å². The Morgan fingerprint density at radius 2 is 1.70 bits per heavy atom. The molecule has 1 saturated heterocycles. The van der Waals surface area contributed by atoms with Crippen molar-refractivity contribution in [2.75, 3.05) is 20.1 Å². The molecule has 0 spiro atoms. The zero-order chi connectivity index (χ0) is 21.3. The maximum atomic E-state index is 13.1. The van der Waals surface area contributed by atoms with Gasteiger partial charge in [-0.2, -0.15) is 4.31 Å². The van der Waals surface area contributed by atoms with Crippen molar-refractivity contribution in [1.29, 1.82) is 0 Å². The third-order valence-corrected chi connectivity index (χ3v) is 8.62. The van der Waals surface area contributed by atoms with E-state index in [4.69, 9.17) is 0 Å². The number of rotatable bonds is 5. The molecule has 1 aliphatic heterocycles. The molecule has 0 bridgehead atoms. The molecule has 0 N–H and O–H groups in total. The zero-order valence-corrected chi connectivity index (χ0v) is 18.6. The van der Waals surface area contributed by atoms with Gasteiger partial charge in [-0.05, 0) is 67.9 Å². The summed E-state index contributed by atoms with van der Waals surface area (Å²) in [5, 5.41) is 0. The van der Waals surface area contributed by atoms with Gasteiger partial charge < -0.3 is 4.90 Å². The van der Waals surface area contributed by atoms with Gasteiger partial charge in [0, 0.05) is 26.1 Å². The van der Waals surface area contributed by atoms with Crippen LogP contribution in [0.25, 0.3) is 0 Å². The van der Waals surface area contributed by atoms with E-state index in [1.165, 1.54) is 5.56 Å². The van der Waals surface area contributed by atoms with Gasteiger partial charge in [-0.3, -0.25) is 4.79 Å². The van der Waals surface area contributed by atoms with E-state index in [1.54, 1.807) is 15.3 Å². The van der Waals surface area contributed by atoms with Crippen molar-refractivity contribution in [3.05, 3.63) is 65.2 Å². The fourth-order valence-corrected chi connectivity index (χ4v) is 6.16. The molecule has 0 aromatic heterocycles. The molecule has 0 unspecified atom stereocenters. The summed E-state index contributed by atoms with van der Waals surface area (Å²) in [6, 6.07) is 15.5. The topological polar surface area (TPSA) is 57.7 Å². The molecule has 30 heavy (non-hydrogen) atoms. The van der Waals surface area contributed by atoms with Crippen LogP contribution in [-0.2, 0) is 27.7 Å². The van der Waals surface area contributed by atoms with Crippen LogP contribution in [0, 0.1) is 5.92 Å². The van der Waals surface area contributed by atoms with Crippen molar-refractivity contribution in [3.8, 4) is 0 Å². The molecule has 1 atom stereocenters. The summed E-state index contributed by atoms with van der Waals surface area (Å²) in [7, 11) is -1.66. The van der Waals surface area contributed by atoms with E-state index >= 15 is 0 Å². The maximum Gasteiger partial charge on any atom is 0.243 e. The van der Waals surface area contributed by atoms with Crippen molar-refractivity contribution in [1.82, 2.24) is 9.21 Å². The lowest BCUT2D eigenvalue weighted by Gasteiger charge is -2.34. The smallest absolute Gasteiger partial charge is 0.243 e. The average Bonchev–Trinajstić information content (AvgIpc) is 3.26. The molecule has 0 saturated carbocycles. The minimum Gasteiger partial charge on any atom is -0.339 e. The molecule has 1 aliphatic carbocycles. The highest BCUT2D eigenvalue weighted by Crippen LogP contribution is 2.30. The number of fused-ring (bicyclic) bond motifs is 1. The third-order valence-electron chi connectivity index (χ3n) is 6.72. The number of aryl methyl sites for hydroxylation is 2. The van der Waals surface area contributed by atoms with Crippen LogP contribution in [0.3, 0.4) is 0 Å². The Morgan fingerprint density at radius 1 is 1.03 bits per heavy atom. The van der Waals surface area contributed by atoms with Gasteiger partial charge in [0.25, 0.3) is 0 Å². The highest BCUT2D eigenvalue weighted by molar-refractivity contribution is 7.89. The summed E-state index contributed by atoms with van der Waals surface area (Å²) in [5.41, 5.74) is 3.54. The Kier molecular flexibility index (Phi) is 5.98. The van der Waals surface area contributed by atoms with E-state index in [1.807, 2.05) is 56.4 Å². The molecule has 4 rings (SSSR count). The van der Waals surface area contributed by atoms with Crippen molar-refractivity contribution in [3.63, 3.8) is 0 Å². The second kappa shape index (κ2) is 8.52. The minimum atomic E-state index is -3.50. The minimum absolute atomic E-state index is 0.00752. The van der Waals surface area contributed by atoms with Crippen LogP contribution in [0.4, 0.5) is 0 Å². The average molecular weight is 427 g/mol. The normalized spacial score (nSPS) is 18.7. The van der Waals surface area contributed by atoms with E-state index in [9.17, 15) is 13.2 Å². The Bertz CT molecular complexity index is 1010. The third kappa shape index (κ3) is 4.03. The molecule has 6 heteroatoms. The van der Waals surface area contributed by atoms with Gasteiger partial charge in [0.1, 0.15) is 0 Å². The fraction of sp³-hybridized carbons (Fsp3) is 0.458. The van der Waals surface area contributed by atoms with E-state index in [2.05, 4.69) is 0 Å². The first-order chi connectivity index (χ1) is 14.4. The number of sulfonamides is 1. The lowest BCUT2D eigenvalue weighted by molar-refractivity contribution is -0.137. The van der Waals surface area contributed by atoms with Crippen molar-refractivity contribution >= 4 is 15.9 Å². The molecular formula is C24H30N2O3S. The first-order valence-electron chi connectivity index (χ1n) is 10.8. The van der Waals surface area contributed by atoms with Gasteiger partial charge in [0.2, 0.25) is 15.9 Å². The van der Waals surface area contributed by atoms with Crippen LogP contribution in [0.5, 0.6) is 0 Å². The van der Waals surface area contributed by atoms with Crippen LogP contribution >= 0.6 is 0 Å². The standard InChI is InChI=1S/C24H30N2O3S/c1-18(19-7-4-3-5-8-19)25(2)24(27)21-13-15-26(16-14-21)30(28,29)23-12-11-20-9-6-10-22(20)17-23/h3-5,7-8,11-12,17-18,21H,6,9-10,13-16H2,1-2H3/t18-/m0/s1. The Hall–Kier alpha value is -2.18. The number of benzene rings is 2. The number of nitrogens with zero attached hydrogens (tertiary/aromatic N) is 2. The Morgan fingerprint density at radius 3 is 2.40 bits per heavy atom. The predicted octanol–water partition coefficient (Wildman–Crippen LogP) is 3.80. The summed E-state index contributed by atoms with van der Waals surface area (Å²) in [4.78, 5) is 15.2. The largest absolute Gasteiger partial charge is 0.339 e. The summed E-state index contributed by atoms with van der Waals surface area (Å²) < 4.78 is 27.8. The van der Waals surface area contributed by atoms with E-state index in [0.717, 1.165) is 30.4 Å². The lowest BCUT2D eigenvalue weighted by Crippen LogP contribution is -2.44. The fourth-order valence-electron chi connectivity index (χ4n) is 4.63. The number of hydrogen-bond donors (Lipinski definition) is 0. The quantitative estimate of drug-likeness (QED) is 0.731. The van der Waals surface area contributed by atoms with Gasteiger partial charge in [0.15, 0.2) is 0 Å². The monoisotopic (exact) mass is 426 g/mol. The van der Waals surface area contributed by atoms with E-state index in [-0.39, 0.29) is 17.9 Å². The number of carbonyl (C=O) groups excluding carboxylic acids is 1. The molecule has 1 heterocycles. The van der Waals surface area contributed by atoms with Crippen molar-refractivity contribution < 1.29 is 13.2 Å². The van der Waals surface area contributed by atoms with Gasteiger partial charge in [-0.25, -0.2) is 8.42 Å². The number of carbonyl (C=O) groups is 1. The lowest BCUT2D eigenvalue weighted by atomic mass is 9.95. The van der Waals surface area contributed by atoms with Crippen LogP contribution < -0.4 is 0 Å². The molecule has 1 amide bonds. The van der Waals surface area contributed by atoms with Crippen LogP contribution in [0.1, 0.15) is 48.9 Å². The van der Waals surface area contributed by atoms with Gasteiger partial charge in [-0.1, -0.05) is 36.4 Å². The molecule has 1 fully saturated rings. The molecule has 2 aromatic rings. The number of piperidine rings is 1. The maximum absolute atomic E-state index is 13.1. The van der Waals surface area contributed by atoms with E-state index in [0.29, 0.717) is 30.8 Å². The summed E-state index contributed by atoms with van der Waals surface area (Å²) in [5.74, 6) is -0.0337. The van der Waals surface area contributed by atoms with E-state index < -0.39 is 10.0 Å². The molecule has 2 aliphatic rings. The van der Waals surface area contributed by atoms with Crippen molar-refractivity contribution in [2.24, 2.45) is 5.92 Å². The Balaban J connectivity index is 1.40. The summed E-state index contributed by atoms with van der Waals surface area (Å²) >= 11 is 0. The highest BCUT2D eigenvalue weighted by Gasteiger charge is 2.34. The van der Waals surface area contributed by atoms with Crippen LogP contribution in [0.2, 0.25) is 0 Å². The molecular weight excluding hydrogens is 396 g/mol. The summed E-state index contributed by atoms with van der Waals surface area (Å²) in [6.07, 6.45) is 4.23. The highest BCUT2D eigenvalue weighted by atomic mass is 32.2. The molecule has 0 radical (unpaired) electrons. The Labute approximate surface area is 179 Å². The molecule has 2 aromatic carbocycles.